The third-order valence-electron chi connectivity index (χ3n) is 5.74. The van der Waals surface area contributed by atoms with Crippen molar-refractivity contribution in [3.05, 3.63) is 75.3 Å². The standard InChI is InChI=1S/C29H29ClN2O7/c1-4-37-27-16-21(9-10-26(27)39-18-22-7-5-6-8-25(22)30)15-23-19(2)24(17-31)29(35)32(28(23)34)11-12-36-13-14-38-20(3)33/h5-10,15-16H,4,11-14,18H2,1-3H3/b23-15+. The smallest absolute Gasteiger partial charge is 0.302 e. The highest BCUT2D eigenvalue weighted by Gasteiger charge is 2.35. The van der Waals surface area contributed by atoms with E-state index in [-0.39, 0.29) is 49.7 Å². The highest BCUT2D eigenvalue weighted by atomic mass is 35.5. The number of rotatable bonds is 12. The van der Waals surface area contributed by atoms with E-state index in [2.05, 4.69) is 0 Å². The van der Waals surface area contributed by atoms with Gasteiger partial charge in [0.15, 0.2) is 11.5 Å². The van der Waals surface area contributed by atoms with Gasteiger partial charge < -0.3 is 18.9 Å². The second-order valence-corrected chi connectivity index (χ2v) is 8.81. The molecule has 1 heterocycles. The number of carbonyl (C=O) groups is 3. The van der Waals surface area contributed by atoms with Crippen LogP contribution in [0.4, 0.5) is 0 Å². The molecule has 3 rings (SSSR count). The number of imide groups is 1. The van der Waals surface area contributed by atoms with E-state index >= 15 is 0 Å². The normalized spacial score (nSPS) is 14.4. The van der Waals surface area contributed by atoms with Crippen LogP contribution in [0.15, 0.2) is 59.2 Å². The fraction of sp³-hybridized carbons (Fsp3) is 0.310. The molecule has 2 aromatic rings. The van der Waals surface area contributed by atoms with Gasteiger partial charge in [0.25, 0.3) is 11.8 Å². The SMILES string of the molecule is CCOc1cc(/C=C2/C(=O)N(CCOCCOC(C)=O)C(=O)C(C#N)=C2C)ccc1OCc1ccccc1Cl. The maximum absolute atomic E-state index is 13.3. The molecule has 39 heavy (non-hydrogen) atoms. The first-order valence-electron chi connectivity index (χ1n) is 12.3. The van der Waals surface area contributed by atoms with Crippen LogP contribution in [-0.4, -0.2) is 55.7 Å². The molecule has 0 bridgehead atoms. The van der Waals surface area contributed by atoms with Crippen LogP contribution in [0.2, 0.25) is 5.02 Å². The highest BCUT2D eigenvalue weighted by Crippen LogP contribution is 2.33. The largest absolute Gasteiger partial charge is 0.490 e. The van der Waals surface area contributed by atoms with Gasteiger partial charge >= 0.3 is 5.97 Å². The lowest BCUT2D eigenvalue weighted by Crippen LogP contribution is -2.44. The van der Waals surface area contributed by atoms with Gasteiger partial charge in [-0.25, -0.2) is 0 Å². The van der Waals surface area contributed by atoms with Gasteiger partial charge in [-0.3, -0.25) is 19.3 Å². The zero-order valence-corrected chi connectivity index (χ0v) is 22.7. The monoisotopic (exact) mass is 552 g/mol. The summed E-state index contributed by atoms with van der Waals surface area (Å²) in [6.45, 7) is 5.46. The Morgan fingerprint density at radius 1 is 1.05 bits per heavy atom. The van der Waals surface area contributed by atoms with Crippen LogP contribution >= 0.6 is 11.6 Å². The summed E-state index contributed by atoms with van der Waals surface area (Å²) < 4.78 is 21.9. The average Bonchev–Trinajstić information content (AvgIpc) is 2.91. The average molecular weight is 553 g/mol. The van der Waals surface area contributed by atoms with Crippen molar-refractivity contribution in [2.24, 2.45) is 0 Å². The van der Waals surface area contributed by atoms with Crippen molar-refractivity contribution >= 4 is 35.5 Å². The number of amides is 2. The van der Waals surface area contributed by atoms with Crippen molar-refractivity contribution in [1.82, 2.24) is 4.90 Å². The van der Waals surface area contributed by atoms with Crippen LogP contribution < -0.4 is 9.47 Å². The summed E-state index contributed by atoms with van der Waals surface area (Å²) in [6, 6.07) is 14.5. The molecule has 0 atom stereocenters. The second kappa shape index (κ2) is 14.1. The Balaban J connectivity index is 1.81. The van der Waals surface area contributed by atoms with E-state index in [1.165, 1.54) is 6.92 Å². The number of esters is 1. The Morgan fingerprint density at radius 2 is 1.82 bits per heavy atom. The number of nitriles is 1. The summed E-state index contributed by atoms with van der Waals surface area (Å²) in [7, 11) is 0. The summed E-state index contributed by atoms with van der Waals surface area (Å²) in [6.07, 6.45) is 1.61. The van der Waals surface area contributed by atoms with E-state index in [9.17, 15) is 19.6 Å². The molecule has 0 saturated carbocycles. The zero-order chi connectivity index (χ0) is 28.4. The fourth-order valence-electron chi connectivity index (χ4n) is 3.77. The number of hydrogen-bond donors (Lipinski definition) is 0. The van der Waals surface area contributed by atoms with Crippen LogP contribution in [0.3, 0.4) is 0 Å². The Hall–Kier alpha value is -4.13. The maximum Gasteiger partial charge on any atom is 0.302 e. The number of hydrogen-bond acceptors (Lipinski definition) is 8. The minimum absolute atomic E-state index is 0.0235. The lowest BCUT2D eigenvalue weighted by atomic mass is 9.93. The maximum atomic E-state index is 13.3. The molecule has 0 radical (unpaired) electrons. The molecule has 1 aliphatic heterocycles. The molecule has 0 fully saturated rings. The summed E-state index contributed by atoms with van der Waals surface area (Å²) in [5.41, 5.74) is 1.82. The molecular formula is C29H29ClN2O7. The zero-order valence-electron chi connectivity index (χ0n) is 22.0. The van der Waals surface area contributed by atoms with Crippen molar-refractivity contribution in [1.29, 1.82) is 5.26 Å². The second-order valence-electron chi connectivity index (χ2n) is 8.40. The van der Waals surface area contributed by atoms with E-state index < -0.39 is 17.8 Å². The van der Waals surface area contributed by atoms with Gasteiger partial charge in [0.2, 0.25) is 0 Å². The lowest BCUT2D eigenvalue weighted by molar-refractivity contribution is -0.142. The van der Waals surface area contributed by atoms with E-state index in [0.717, 1.165) is 10.5 Å². The summed E-state index contributed by atoms with van der Waals surface area (Å²) >= 11 is 6.23. The Kier molecular flexibility index (Phi) is 10.7. The molecule has 204 valence electrons. The number of carbonyl (C=O) groups excluding carboxylic acids is 3. The Bertz CT molecular complexity index is 1340. The van der Waals surface area contributed by atoms with E-state index in [0.29, 0.717) is 28.7 Å². The molecule has 0 spiro atoms. The van der Waals surface area contributed by atoms with E-state index in [4.69, 9.17) is 30.5 Å². The third-order valence-corrected chi connectivity index (χ3v) is 6.11. The lowest BCUT2D eigenvalue weighted by Gasteiger charge is -2.27. The van der Waals surface area contributed by atoms with Gasteiger partial charge in [-0.1, -0.05) is 35.9 Å². The summed E-state index contributed by atoms with van der Waals surface area (Å²) in [5.74, 6) is -0.683. The molecule has 0 unspecified atom stereocenters. The highest BCUT2D eigenvalue weighted by molar-refractivity contribution is 6.31. The summed E-state index contributed by atoms with van der Waals surface area (Å²) in [4.78, 5) is 37.9. The van der Waals surface area contributed by atoms with Gasteiger partial charge in [-0.05, 0) is 49.3 Å². The van der Waals surface area contributed by atoms with Crippen LogP contribution in [0.1, 0.15) is 31.9 Å². The van der Waals surface area contributed by atoms with Crippen molar-refractivity contribution in [2.45, 2.75) is 27.4 Å². The molecule has 9 nitrogen and oxygen atoms in total. The molecule has 0 saturated heterocycles. The Morgan fingerprint density at radius 3 is 2.51 bits per heavy atom. The molecule has 10 heteroatoms. The molecular weight excluding hydrogens is 524 g/mol. The molecule has 0 aromatic heterocycles. The van der Waals surface area contributed by atoms with Crippen LogP contribution in [-0.2, 0) is 30.5 Å². The number of ether oxygens (including phenoxy) is 4. The molecule has 1 aliphatic rings. The first kappa shape index (κ1) is 29.4. The van der Waals surface area contributed by atoms with Gasteiger partial charge in [0.05, 0.1) is 26.4 Å². The van der Waals surface area contributed by atoms with Crippen LogP contribution in [0, 0.1) is 11.3 Å². The number of nitrogens with zero attached hydrogens (tertiary/aromatic N) is 2. The number of benzene rings is 2. The topological polar surface area (TPSA) is 115 Å². The van der Waals surface area contributed by atoms with Crippen LogP contribution in [0.5, 0.6) is 11.5 Å². The molecule has 0 N–H and O–H groups in total. The van der Waals surface area contributed by atoms with Crippen molar-refractivity contribution in [3.63, 3.8) is 0 Å². The Labute approximate surface area is 232 Å². The predicted octanol–water partition coefficient (Wildman–Crippen LogP) is 4.49. The van der Waals surface area contributed by atoms with E-state index in [1.54, 1.807) is 37.3 Å². The minimum atomic E-state index is -0.681. The molecule has 2 aromatic carbocycles. The van der Waals surface area contributed by atoms with Crippen molar-refractivity contribution in [2.75, 3.05) is 33.0 Å². The van der Waals surface area contributed by atoms with Crippen molar-refractivity contribution in [3.8, 4) is 17.6 Å². The van der Waals surface area contributed by atoms with Gasteiger partial charge in [0, 0.05) is 23.1 Å². The number of halogens is 1. The van der Waals surface area contributed by atoms with Gasteiger partial charge in [-0.15, -0.1) is 0 Å². The predicted molar refractivity (Wildman–Crippen MR) is 144 cm³/mol. The quantitative estimate of drug-likeness (QED) is 0.164. The molecule has 0 aliphatic carbocycles. The van der Waals surface area contributed by atoms with Crippen LogP contribution in [0.25, 0.3) is 6.08 Å². The van der Waals surface area contributed by atoms with Gasteiger partial charge in [-0.2, -0.15) is 5.26 Å². The van der Waals surface area contributed by atoms with Gasteiger partial charge in [0.1, 0.15) is 24.9 Å². The molecule has 2 amide bonds. The summed E-state index contributed by atoms with van der Waals surface area (Å²) in [5, 5.41) is 10.2. The third kappa shape index (κ3) is 7.69. The fourth-order valence-corrected chi connectivity index (χ4v) is 3.96. The first-order chi connectivity index (χ1) is 18.8. The van der Waals surface area contributed by atoms with E-state index in [1.807, 2.05) is 31.2 Å². The van der Waals surface area contributed by atoms with Crippen molar-refractivity contribution < 1.29 is 33.3 Å². The minimum Gasteiger partial charge on any atom is -0.490 e. The first-order valence-corrected chi connectivity index (χ1v) is 12.7.